The number of hydrogen-bond donors (Lipinski definition) is 1. The maximum Gasteiger partial charge on any atom is 0.254 e. The summed E-state index contributed by atoms with van der Waals surface area (Å²) in [6, 6.07) is 6.34. The van der Waals surface area contributed by atoms with Crippen LogP contribution in [-0.4, -0.2) is 49.1 Å². The number of carbonyl (C=O) groups excluding carboxylic acids is 2. The Hall–Kier alpha value is -2.08. The molecule has 6 nitrogen and oxygen atoms in total. The second-order valence-corrected chi connectivity index (χ2v) is 5.35. The van der Waals surface area contributed by atoms with Crippen molar-refractivity contribution in [3.05, 3.63) is 29.8 Å². The largest absolute Gasteiger partial charge is 0.494 e. The monoisotopic (exact) mass is 306 g/mol. The minimum absolute atomic E-state index is 0.166. The average molecular weight is 306 g/mol. The first-order valence-electron chi connectivity index (χ1n) is 7.42. The van der Waals surface area contributed by atoms with Gasteiger partial charge in [-0.05, 0) is 24.6 Å². The van der Waals surface area contributed by atoms with Gasteiger partial charge in [-0.15, -0.1) is 0 Å². The topological polar surface area (TPSA) is 81.9 Å². The summed E-state index contributed by atoms with van der Waals surface area (Å²) in [5.74, 6) is -0.0950. The van der Waals surface area contributed by atoms with E-state index in [2.05, 4.69) is 0 Å². The minimum Gasteiger partial charge on any atom is -0.494 e. The van der Waals surface area contributed by atoms with Crippen LogP contribution in [0.5, 0.6) is 5.75 Å². The van der Waals surface area contributed by atoms with E-state index in [9.17, 15) is 9.59 Å². The summed E-state index contributed by atoms with van der Waals surface area (Å²) in [6.07, 6.45) is 1.16. The second-order valence-electron chi connectivity index (χ2n) is 5.35. The van der Waals surface area contributed by atoms with Gasteiger partial charge in [-0.1, -0.05) is 13.0 Å². The fraction of sp³-hybridized carbons (Fsp3) is 0.500. The number of amides is 2. The van der Waals surface area contributed by atoms with Crippen molar-refractivity contribution < 1.29 is 19.1 Å². The lowest BCUT2D eigenvalue weighted by atomic mass is 10.1. The van der Waals surface area contributed by atoms with Crippen molar-refractivity contribution in [3.63, 3.8) is 0 Å². The van der Waals surface area contributed by atoms with Gasteiger partial charge in [0.1, 0.15) is 11.8 Å². The molecular weight excluding hydrogens is 284 g/mol. The van der Waals surface area contributed by atoms with Gasteiger partial charge in [-0.2, -0.15) is 0 Å². The van der Waals surface area contributed by atoms with Gasteiger partial charge in [0.2, 0.25) is 5.91 Å². The number of carbonyl (C=O) groups is 2. The molecule has 0 aromatic heterocycles. The van der Waals surface area contributed by atoms with Crippen molar-refractivity contribution >= 4 is 11.8 Å². The van der Waals surface area contributed by atoms with Gasteiger partial charge in [0.25, 0.3) is 5.91 Å². The van der Waals surface area contributed by atoms with Gasteiger partial charge in [-0.25, -0.2) is 0 Å². The van der Waals surface area contributed by atoms with Crippen molar-refractivity contribution in [2.75, 3.05) is 20.3 Å². The highest BCUT2D eigenvalue weighted by molar-refractivity contribution is 5.98. The molecule has 2 N–H and O–H groups in total. The molecule has 1 fully saturated rings. The SMILES string of the molecule is CCCOc1cccc(C(=O)N2C[C@@H](OC)C[C@H]2C(N)=O)c1. The number of ether oxygens (including phenoxy) is 2. The third kappa shape index (κ3) is 3.57. The predicted molar refractivity (Wildman–Crippen MR) is 81.7 cm³/mol. The van der Waals surface area contributed by atoms with Crippen LogP contribution in [0.15, 0.2) is 24.3 Å². The summed E-state index contributed by atoms with van der Waals surface area (Å²) in [4.78, 5) is 25.7. The van der Waals surface area contributed by atoms with Gasteiger partial charge in [0.15, 0.2) is 0 Å². The average Bonchev–Trinajstić information content (AvgIpc) is 2.97. The van der Waals surface area contributed by atoms with Gasteiger partial charge in [0, 0.05) is 25.6 Å². The molecular formula is C16H22N2O4. The van der Waals surface area contributed by atoms with Crippen LogP contribution in [0.25, 0.3) is 0 Å². The number of rotatable bonds is 6. The molecule has 0 unspecified atom stereocenters. The molecule has 1 aliphatic rings. The molecule has 2 atom stereocenters. The highest BCUT2D eigenvalue weighted by Crippen LogP contribution is 2.23. The molecule has 1 heterocycles. The van der Waals surface area contributed by atoms with Crippen molar-refractivity contribution in [2.45, 2.75) is 31.9 Å². The van der Waals surface area contributed by atoms with Gasteiger partial charge < -0.3 is 20.1 Å². The normalized spacial score (nSPS) is 20.9. The fourth-order valence-electron chi connectivity index (χ4n) is 2.57. The van der Waals surface area contributed by atoms with Crippen molar-refractivity contribution in [1.29, 1.82) is 0 Å². The summed E-state index contributed by atoms with van der Waals surface area (Å²) in [5.41, 5.74) is 5.89. The quantitative estimate of drug-likeness (QED) is 0.856. The summed E-state index contributed by atoms with van der Waals surface area (Å²) in [5, 5.41) is 0. The van der Waals surface area contributed by atoms with E-state index in [0.717, 1.165) is 6.42 Å². The van der Waals surface area contributed by atoms with Crippen LogP contribution in [0.4, 0.5) is 0 Å². The lowest BCUT2D eigenvalue weighted by Crippen LogP contribution is -2.43. The van der Waals surface area contributed by atoms with Crippen molar-refractivity contribution in [2.24, 2.45) is 5.73 Å². The standard InChI is InChI=1S/C16H22N2O4/c1-3-7-22-12-6-4-5-11(8-12)16(20)18-10-13(21-2)9-14(18)15(17)19/h4-6,8,13-14H,3,7,9-10H2,1-2H3,(H2,17,19)/t13-,14-/m0/s1. The number of likely N-dealkylation sites (tertiary alicyclic amines) is 1. The highest BCUT2D eigenvalue weighted by atomic mass is 16.5. The Bertz CT molecular complexity index is 547. The Kier molecular flexibility index (Phi) is 5.38. The lowest BCUT2D eigenvalue weighted by molar-refractivity contribution is -0.121. The van der Waals surface area contributed by atoms with Crippen LogP contribution in [0.1, 0.15) is 30.1 Å². The minimum atomic E-state index is -0.627. The number of methoxy groups -OCH3 is 1. The lowest BCUT2D eigenvalue weighted by Gasteiger charge is -2.22. The predicted octanol–water partition coefficient (Wildman–Crippen LogP) is 1.19. The molecule has 2 rings (SSSR count). The Morgan fingerprint density at radius 1 is 1.41 bits per heavy atom. The number of primary amides is 1. The number of nitrogens with zero attached hydrogens (tertiary/aromatic N) is 1. The van der Waals surface area contributed by atoms with Crippen LogP contribution in [-0.2, 0) is 9.53 Å². The molecule has 1 saturated heterocycles. The van der Waals surface area contributed by atoms with Crippen LogP contribution in [0.3, 0.4) is 0 Å². The van der Waals surface area contributed by atoms with Crippen molar-refractivity contribution in [1.82, 2.24) is 4.90 Å². The van der Waals surface area contributed by atoms with E-state index in [4.69, 9.17) is 15.2 Å². The van der Waals surface area contributed by atoms with Crippen LogP contribution >= 0.6 is 0 Å². The van der Waals surface area contributed by atoms with E-state index >= 15 is 0 Å². The Balaban J connectivity index is 2.17. The first kappa shape index (κ1) is 16.3. The Labute approximate surface area is 130 Å². The third-order valence-electron chi connectivity index (χ3n) is 3.74. The summed E-state index contributed by atoms with van der Waals surface area (Å²) in [6.45, 7) is 2.97. The molecule has 0 spiro atoms. The first-order valence-corrected chi connectivity index (χ1v) is 7.42. The number of nitrogens with two attached hydrogens (primary N) is 1. The second kappa shape index (κ2) is 7.26. The molecule has 120 valence electrons. The molecule has 1 aliphatic heterocycles. The molecule has 1 aromatic rings. The van der Waals surface area contributed by atoms with E-state index in [-0.39, 0.29) is 12.0 Å². The molecule has 0 aliphatic carbocycles. The zero-order chi connectivity index (χ0) is 16.1. The molecule has 1 aromatic carbocycles. The fourth-order valence-corrected chi connectivity index (χ4v) is 2.57. The van der Waals surface area contributed by atoms with Gasteiger partial charge in [0.05, 0.1) is 12.7 Å². The molecule has 2 amide bonds. The van der Waals surface area contributed by atoms with Gasteiger partial charge in [-0.3, -0.25) is 9.59 Å². The molecule has 0 radical (unpaired) electrons. The van der Waals surface area contributed by atoms with Crippen LogP contribution in [0.2, 0.25) is 0 Å². The summed E-state index contributed by atoms with van der Waals surface area (Å²) < 4.78 is 10.8. The first-order chi connectivity index (χ1) is 10.6. The van der Waals surface area contributed by atoms with Crippen LogP contribution in [0, 0.1) is 0 Å². The zero-order valence-corrected chi connectivity index (χ0v) is 13.0. The highest BCUT2D eigenvalue weighted by Gasteiger charge is 2.39. The van der Waals surface area contributed by atoms with Gasteiger partial charge >= 0.3 is 0 Å². The van der Waals surface area contributed by atoms with E-state index in [1.165, 1.54) is 4.90 Å². The van der Waals surface area contributed by atoms with Crippen LogP contribution < -0.4 is 10.5 Å². The number of hydrogen-bond acceptors (Lipinski definition) is 4. The third-order valence-corrected chi connectivity index (χ3v) is 3.74. The Morgan fingerprint density at radius 3 is 2.82 bits per heavy atom. The van der Waals surface area contributed by atoms with E-state index in [1.807, 2.05) is 6.92 Å². The summed E-state index contributed by atoms with van der Waals surface area (Å²) >= 11 is 0. The van der Waals surface area contributed by atoms with E-state index in [0.29, 0.717) is 30.9 Å². The zero-order valence-electron chi connectivity index (χ0n) is 13.0. The van der Waals surface area contributed by atoms with E-state index < -0.39 is 11.9 Å². The molecule has 22 heavy (non-hydrogen) atoms. The molecule has 0 bridgehead atoms. The maximum absolute atomic E-state index is 12.7. The van der Waals surface area contributed by atoms with E-state index in [1.54, 1.807) is 31.4 Å². The maximum atomic E-state index is 12.7. The molecule has 6 heteroatoms. The Morgan fingerprint density at radius 2 is 2.18 bits per heavy atom. The van der Waals surface area contributed by atoms with Crippen molar-refractivity contribution in [3.8, 4) is 5.75 Å². The molecule has 0 saturated carbocycles. The smallest absolute Gasteiger partial charge is 0.254 e. The number of benzene rings is 1. The summed E-state index contributed by atoms with van der Waals surface area (Å²) in [7, 11) is 1.57.